The SMILES string of the molecule is COCCc1c(C)cccc1OC(C)C. The number of rotatable bonds is 5. The Morgan fingerprint density at radius 3 is 2.60 bits per heavy atom. The van der Waals surface area contributed by atoms with Crippen LogP contribution in [0.2, 0.25) is 0 Å². The molecule has 0 saturated heterocycles. The van der Waals surface area contributed by atoms with Crippen molar-refractivity contribution in [2.45, 2.75) is 33.3 Å². The highest BCUT2D eigenvalue weighted by molar-refractivity contribution is 5.39. The van der Waals surface area contributed by atoms with Gasteiger partial charge in [-0.1, -0.05) is 12.1 Å². The van der Waals surface area contributed by atoms with Crippen LogP contribution in [0, 0.1) is 6.92 Å². The molecule has 0 atom stereocenters. The van der Waals surface area contributed by atoms with Gasteiger partial charge in [-0.3, -0.25) is 0 Å². The Morgan fingerprint density at radius 2 is 2.00 bits per heavy atom. The van der Waals surface area contributed by atoms with E-state index in [1.807, 2.05) is 26.0 Å². The Bertz CT molecular complexity index is 305. The lowest BCUT2D eigenvalue weighted by Crippen LogP contribution is -2.09. The maximum atomic E-state index is 5.77. The Labute approximate surface area is 92.2 Å². The first-order valence-electron chi connectivity index (χ1n) is 5.39. The highest BCUT2D eigenvalue weighted by Gasteiger charge is 2.07. The van der Waals surface area contributed by atoms with Crippen molar-refractivity contribution in [3.8, 4) is 5.75 Å². The lowest BCUT2D eigenvalue weighted by atomic mass is 10.0. The van der Waals surface area contributed by atoms with Gasteiger partial charge in [-0.15, -0.1) is 0 Å². The minimum atomic E-state index is 0.216. The summed E-state index contributed by atoms with van der Waals surface area (Å²) in [7, 11) is 1.72. The van der Waals surface area contributed by atoms with Crippen molar-refractivity contribution in [2.75, 3.05) is 13.7 Å². The molecule has 0 spiro atoms. The van der Waals surface area contributed by atoms with Crippen molar-refractivity contribution in [2.24, 2.45) is 0 Å². The normalized spacial score (nSPS) is 10.7. The lowest BCUT2D eigenvalue weighted by Gasteiger charge is -2.15. The van der Waals surface area contributed by atoms with Crippen LogP contribution in [0.15, 0.2) is 18.2 Å². The maximum Gasteiger partial charge on any atom is 0.123 e. The minimum Gasteiger partial charge on any atom is -0.491 e. The first-order chi connectivity index (χ1) is 7.15. The molecule has 0 fully saturated rings. The van der Waals surface area contributed by atoms with Gasteiger partial charge in [0.25, 0.3) is 0 Å². The van der Waals surface area contributed by atoms with Crippen LogP contribution in [0.3, 0.4) is 0 Å². The van der Waals surface area contributed by atoms with E-state index in [9.17, 15) is 0 Å². The number of hydrogen-bond donors (Lipinski definition) is 0. The number of aryl methyl sites for hydroxylation is 1. The Balaban J connectivity index is 2.87. The van der Waals surface area contributed by atoms with E-state index in [0.717, 1.165) is 18.8 Å². The molecule has 1 aromatic rings. The van der Waals surface area contributed by atoms with E-state index >= 15 is 0 Å². The van der Waals surface area contributed by atoms with Crippen LogP contribution in [0.5, 0.6) is 5.75 Å². The Kier molecular flexibility index (Phi) is 4.63. The quantitative estimate of drug-likeness (QED) is 0.740. The molecule has 0 heterocycles. The number of hydrogen-bond acceptors (Lipinski definition) is 2. The van der Waals surface area contributed by atoms with Gasteiger partial charge in [0.15, 0.2) is 0 Å². The van der Waals surface area contributed by atoms with Crippen molar-refractivity contribution in [1.29, 1.82) is 0 Å². The van der Waals surface area contributed by atoms with E-state index in [1.54, 1.807) is 7.11 Å². The van der Waals surface area contributed by atoms with Gasteiger partial charge in [0.05, 0.1) is 12.7 Å². The molecule has 0 radical (unpaired) electrons. The molecule has 15 heavy (non-hydrogen) atoms. The number of ether oxygens (including phenoxy) is 2. The molecule has 0 aliphatic rings. The fourth-order valence-corrected chi connectivity index (χ4v) is 1.56. The van der Waals surface area contributed by atoms with Crippen LogP contribution in [-0.2, 0) is 11.2 Å². The van der Waals surface area contributed by atoms with Gasteiger partial charge in [-0.2, -0.15) is 0 Å². The van der Waals surface area contributed by atoms with Crippen LogP contribution in [0.25, 0.3) is 0 Å². The third kappa shape index (κ3) is 3.56. The van der Waals surface area contributed by atoms with Crippen LogP contribution in [0.1, 0.15) is 25.0 Å². The largest absolute Gasteiger partial charge is 0.491 e. The topological polar surface area (TPSA) is 18.5 Å². The molecule has 0 aliphatic heterocycles. The summed E-state index contributed by atoms with van der Waals surface area (Å²) in [6.07, 6.45) is 1.12. The van der Waals surface area contributed by atoms with Crippen molar-refractivity contribution >= 4 is 0 Å². The highest BCUT2D eigenvalue weighted by Crippen LogP contribution is 2.23. The summed E-state index contributed by atoms with van der Waals surface area (Å²) in [5, 5.41) is 0. The van der Waals surface area contributed by atoms with Gasteiger partial charge in [0, 0.05) is 7.11 Å². The monoisotopic (exact) mass is 208 g/mol. The van der Waals surface area contributed by atoms with E-state index in [-0.39, 0.29) is 6.10 Å². The summed E-state index contributed by atoms with van der Waals surface area (Å²) in [6, 6.07) is 6.17. The summed E-state index contributed by atoms with van der Waals surface area (Å²) in [6.45, 7) is 6.93. The third-order valence-corrected chi connectivity index (χ3v) is 2.29. The lowest BCUT2D eigenvalue weighted by molar-refractivity contribution is 0.198. The van der Waals surface area contributed by atoms with Crippen LogP contribution >= 0.6 is 0 Å². The van der Waals surface area contributed by atoms with Gasteiger partial charge < -0.3 is 9.47 Å². The van der Waals surface area contributed by atoms with Gasteiger partial charge >= 0.3 is 0 Å². The third-order valence-electron chi connectivity index (χ3n) is 2.29. The highest BCUT2D eigenvalue weighted by atomic mass is 16.5. The molecule has 0 saturated carbocycles. The molecule has 0 amide bonds. The van der Waals surface area contributed by atoms with Gasteiger partial charge in [0.1, 0.15) is 5.75 Å². The summed E-state index contributed by atoms with van der Waals surface area (Å²) in [4.78, 5) is 0. The second kappa shape index (κ2) is 5.76. The molecular formula is C13H20O2. The standard InChI is InChI=1S/C13H20O2/c1-10(2)15-13-7-5-6-11(3)12(13)8-9-14-4/h5-7,10H,8-9H2,1-4H3. The fourth-order valence-electron chi connectivity index (χ4n) is 1.56. The Hall–Kier alpha value is -1.02. The van der Waals surface area contributed by atoms with Gasteiger partial charge in [0.2, 0.25) is 0 Å². The predicted octanol–water partition coefficient (Wildman–Crippen LogP) is 2.97. The molecule has 1 rings (SSSR count). The first kappa shape index (κ1) is 12.1. The van der Waals surface area contributed by atoms with Crippen molar-refractivity contribution < 1.29 is 9.47 Å². The summed E-state index contributed by atoms with van der Waals surface area (Å²) in [5.41, 5.74) is 2.53. The molecule has 0 bridgehead atoms. The smallest absolute Gasteiger partial charge is 0.123 e. The maximum absolute atomic E-state index is 5.77. The molecule has 1 aromatic carbocycles. The van der Waals surface area contributed by atoms with E-state index in [2.05, 4.69) is 13.0 Å². The van der Waals surface area contributed by atoms with Crippen LogP contribution in [0.4, 0.5) is 0 Å². The Morgan fingerprint density at radius 1 is 1.27 bits per heavy atom. The molecular weight excluding hydrogens is 188 g/mol. The van der Waals surface area contributed by atoms with E-state index in [1.165, 1.54) is 11.1 Å². The van der Waals surface area contributed by atoms with E-state index in [0.29, 0.717) is 0 Å². The van der Waals surface area contributed by atoms with Crippen molar-refractivity contribution in [1.82, 2.24) is 0 Å². The molecule has 0 aliphatic carbocycles. The first-order valence-corrected chi connectivity index (χ1v) is 5.39. The van der Waals surface area contributed by atoms with Crippen molar-refractivity contribution in [3.63, 3.8) is 0 Å². The second-order valence-corrected chi connectivity index (χ2v) is 3.96. The summed E-state index contributed by atoms with van der Waals surface area (Å²) in [5.74, 6) is 0.988. The van der Waals surface area contributed by atoms with E-state index < -0.39 is 0 Å². The number of methoxy groups -OCH3 is 1. The zero-order valence-electron chi connectivity index (χ0n) is 10.0. The van der Waals surface area contributed by atoms with Gasteiger partial charge in [-0.05, 0) is 44.4 Å². The van der Waals surface area contributed by atoms with E-state index in [4.69, 9.17) is 9.47 Å². The van der Waals surface area contributed by atoms with Gasteiger partial charge in [-0.25, -0.2) is 0 Å². The average molecular weight is 208 g/mol. The summed E-state index contributed by atoms with van der Waals surface area (Å²) >= 11 is 0. The molecule has 0 N–H and O–H groups in total. The van der Waals surface area contributed by atoms with Crippen LogP contribution < -0.4 is 4.74 Å². The second-order valence-electron chi connectivity index (χ2n) is 3.96. The zero-order chi connectivity index (χ0) is 11.3. The fraction of sp³-hybridized carbons (Fsp3) is 0.538. The molecule has 2 nitrogen and oxygen atoms in total. The molecule has 84 valence electrons. The summed E-state index contributed by atoms with van der Waals surface area (Å²) < 4.78 is 10.9. The molecule has 0 aromatic heterocycles. The predicted molar refractivity (Wildman–Crippen MR) is 62.5 cm³/mol. The van der Waals surface area contributed by atoms with Crippen molar-refractivity contribution in [3.05, 3.63) is 29.3 Å². The number of benzene rings is 1. The minimum absolute atomic E-state index is 0.216. The molecule has 0 unspecified atom stereocenters. The molecule has 2 heteroatoms. The zero-order valence-corrected chi connectivity index (χ0v) is 10.0. The van der Waals surface area contributed by atoms with Crippen LogP contribution in [-0.4, -0.2) is 19.8 Å². The average Bonchev–Trinajstić information content (AvgIpc) is 2.16.